The van der Waals surface area contributed by atoms with Gasteiger partial charge in [0.25, 0.3) is 0 Å². The Kier molecular flexibility index (Phi) is 2.68. The molecular weight excluding hydrogens is 216 g/mol. The third-order valence-corrected chi connectivity index (χ3v) is 2.56. The zero-order valence-electron chi connectivity index (χ0n) is 8.32. The summed E-state index contributed by atoms with van der Waals surface area (Å²) in [6.45, 7) is 0.230. The fraction of sp³-hybridized carbons (Fsp3) is 0.273. The first kappa shape index (κ1) is 10.7. The summed E-state index contributed by atoms with van der Waals surface area (Å²) in [5.74, 6) is -2.56. The van der Waals surface area contributed by atoms with E-state index >= 15 is 0 Å². The number of halogens is 2. The van der Waals surface area contributed by atoms with E-state index in [4.69, 9.17) is 0 Å². The van der Waals surface area contributed by atoms with E-state index in [0.29, 0.717) is 6.29 Å². The van der Waals surface area contributed by atoms with Crippen molar-refractivity contribution in [1.29, 1.82) is 0 Å². The Morgan fingerprint density at radius 2 is 2.06 bits per heavy atom. The Balaban J connectivity index is 2.27. The Morgan fingerprint density at radius 3 is 2.62 bits per heavy atom. The van der Waals surface area contributed by atoms with Crippen LogP contribution in [0.2, 0.25) is 0 Å². The van der Waals surface area contributed by atoms with E-state index in [0.717, 1.165) is 12.1 Å². The van der Waals surface area contributed by atoms with Crippen LogP contribution in [-0.4, -0.2) is 18.7 Å². The minimum atomic E-state index is -1.00. The number of aldehydes is 1. The number of carbonyl (C=O) groups excluding carboxylic acids is 2. The first-order valence-corrected chi connectivity index (χ1v) is 4.82. The lowest BCUT2D eigenvalue weighted by Crippen LogP contribution is -2.24. The number of anilines is 1. The molecule has 0 aliphatic carbocycles. The Hall–Kier alpha value is -1.78. The molecule has 0 saturated carbocycles. The summed E-state index contributed by atoms with van der Waals surface area (Å²) in [6, 6.07) is 3.25. The predicted octanol–water partition coefficient (Wildman–Crippen LogP) is 1.52. The Morgan fingerprint density at radius 1 is 1.31 bits per heavy atom. The zero-order chi connectivity index (χ0) is 11.7. The monoisotopic (exact) mass is 225 g/mol. The topological polar surface area (TPSA) is 37.4 Å². The van der Waals surface area contributed by atoms with Crippen molar-refractivity contribution < 1.29 is 18.4 Å². The van der Waals surface area contributed by atoms with Crippen LogP contribution < -0.4 is 4.90 Å². The van der Waals surface area contributed by atoms with Crippen molar-refractivity contribution in [3.05, 3.63) is 29.8 Å². The molecule has 0 radical (unpaired) electrons. The highest BCUT2D eigenvalue weighted by molar-refractivity contribution is 5.97. The van der Waals surface area contributed by atoms with Crippen molar-refractivity contribution in [2.75, 3.05) is 11.4 Å². The molecule has 1 aliphatic rings. The molecular formula is C11H9F2NO2. The highest BCUT2D eigenvalue weighted by Gasteiger charge is 2.30. The summed E-state index contributed by atoms with van der Waals surface area (Å²) in [4.78, 5) is 23.3. The van der Waals surface area contributed by atoms with Gasteiger partial charge < -0.3 is 9.69 Å². The van der Waals surface area contributed by atoms with Gasteiger partial charge in [0.2, 0.25) is 5.91 Å². The van der Waals surface area contributed by atoms with Crippen LogP contribution >= 0.6 is 0 Å². The Labute approximate surface area is 90.7 Å². The summed E-state index contributed by atoms with van der Waals surface area (Å²) < 4.78 is 25.6. The standard InChI is InChI=1S/C11H9F2NO2/c12-9-2-1-8(4-10(9)13)14-5-7(6-15)3-11(14)16/h1-2,4,6-7H,3,5H2. The summed E-state index contributed by atoms with van der Waals surface area (Å²) >= 11 is 0. The van der Waals surface area contributed by atoms with Crippen molar-refractivity contribution in [3.63, 3.8) is 0 Å². The molecule has 1 aliphatic heterocycles. The molecule has 1 heterocycles. The van der Waals surface area contributed by atoms with Crippen LogP contribution in [-0.2, 0) is 9.59 Å². The molecule has 0 spiro atoms. The van der Waals surface area contributed by atoms with E-state index in [1.165, 1.54) is 11.0 Å². The Bertz CT molecular complexity index is 448. The second-order valence-electron chi connectivity index (χ2n) is 3.70. The molecule has 16 heavy (non-hydrogen) atoms. The van der Waals surface area contributed by atoms with Crippen molar-refractivity contribution in [2.45, 2.75) is 6.42 Å². The van der Waals surface area contributed by atoms with Crippen molar-refractivity contribution >= 4 is 17.9 Å². The molecule has 1 atom stereocenters. The quantitative estimate of drug-likeness (QED) is 0.715. The van der Waals surface area contributed by atoms with Crippen LogP contribution in [0.4, 0.5) is 14.5 Å². The SMILES string of the molecule is O=CC1CC(=O)N(c2ccc(F)c(F)c2)C1. The first-order chi connectivity index (χ1) is 7.61. The number of nitrogens with zero attached hydrogens (tertiary/aromatic N) is 1. The summed E-state index contributed by atoms with van der Waals surface area (Å²) in [7, 11) is 0. The van der Waals surface area contributed by atoms with Crippen LogP contribution in [0.5, 0.6) is 0 Å². The molecule has 84 valence electrons. The van der Waals surface area contributed by atoms with E-state index in [1.807, 2.05) is 0 Å². The normalized spacial score (nSPS) is 20.2. The molecule has 1 saturated heterocycles. The van der Waals surface area contributed by atoms with Gasteiger partial charge >= 0.3 is 0 Å². The maximum Gasteiger partial charge on any atom is 0.227 e. The van der Waals surface area contributed by atoms with Crippen molar-refractivity contribution in [2.24, 2.45) is 5.92 Å². The predicted molar refractivity (Wildman–Crippen MR) is 52.9 cm³/mol. The summed E-state index contributed by atoms with van der Waals surface area (Å²) in [6.07, 6.45) is 0.834. The number of carbonyl (C=O) groups is 2. The second kappa shape index (κ2) is 4.00. The van der Waals surface area contributed by atoms with Gasteiger partial charge in [-0.15, -0.1) is 0 Å². The van der Waals surface area contributed by atoms with Crippen molar-refractivity contribution in [3.8, 4) is 0 Å². The highest BCUT2D eigenvalue weighted by Crippen LogP contribution is 2.25. The maximum atomic E-state index is 13.0. The smallest absolute Gasteiger partial charge is 0.227 e. The molecule has 0 aromatic heterocycles. The van der Waals surface area contributed by atoms with Gasteiger partial charge in [0.1, 0.15) is 6.29 Å². The van der Waals surface area contributed by atoms with E-state index < -0.39 is 11.6 Å². The molecule has 1 aromatic rings. The van der Waals surface area contributed by atoms with E-state index in [9.17, 15) is 18.4 Å². The fourth-order valence-corrected chi connectivity index (χ4v) is 1.73. The number of rotatable bonds is 2. The largest absolute Gasteiger partial charge is 0.312 e. The van der Waals surface area contributed by atoms with Gasteiger partial charge in [-0.3, -0.25) is 4.79 Å². The van der Waals surface area contributed by atoms with Gasteiger partial charge in [0, 0.05) is 30.6 Å². The van der Waals surface area contributed by atoms with Gasteiger partial charge in [-0.1, -0.05) is 0 Å². The molecule has 5 heteroatoms. The summed E-state index contributed by atoms with van der Waals surface area (Å²) in [5.41, 5.74) is 0.285. The van der Waals surface area contributed by atoms with Gasteiger partial charge in [-0.05, 0) is 12.1 Å². The lowest BCUT2D eigenvalue weighted by atomic mass is 10.1. The molecule has 1 amide bonds. The molecule has 0 N–H and O–H groups in total. The van der Waals surface area contributed by atoms with Gasteiger partial charge in [0.15, 0.2) is 11.6 Å². The average molecular weight is 225 g/mol. The lowest BCUT2D eigenvalue weighted by molar-refractivity contribution is -0.119. The second-order valence-corrected chi connectivity index (χ2v) is 3.70. The van der Waals surface area contributed by atoms with Crippen LogP contribution in [0.25, 0.3) is 0 Å². The maximum absolute atomic E-state index is 13.0. The molecule has 1 fully saturated rings. The third-order valence-electron chi connectivity index (χ3n) is 2.56. The third kappa shape index (κ3) is 1.80. The molecule has 1 aromatic carbocycles. The summed E-state index contributed by atoms with van der Waals surface area (Å²) in [5, 5.41) is 0. The molecule has 1 unspecified atom stereocenters. The highest BCUT2D eigenvalue weighted by atomic mass is 19.2. The van der Waals surface area contributed by atoms with Crippen LogP contribution in [0, 0.1) is 17.6 Å². The fourth-order valence-electron chi connectivity index (χ4n) is 1.73. The average Bonchev–Trinajstić information content (AvgIpc) is 2.64. The molecule has 2 rings (SSSR count). The first-order valence-electron chi connectivity index (χ1n) is 4.82. The van der Waals surface area contributed by atoms with Crippen LogP contribution in [0.3, 0.4) is 0 Å². The van der Waals surface area contributed by atoms with E-state index in [1.54, 1.807) is 0 Å². The number of amides is 1. The van der Waals surface area contributed by atoms with E-state index in [2.05, 4.69) is 0 Å². The number of hydrogen-bond donors (Lipinski definition) is 0. The number of benzene rings is 1. The minimum Gasteiger partial charge on any atom is -0.312 e. The van der Waals surface area contributed by atoms with Gasteiger partial charge in [0.05, 0.1) is 0 Å². The van der Waals surface area contributed by atoms with Crippen LogP contribution in [0.1, 0.15) is 6.42 Å². The van der Waals surface area contributed by atoms with E-state index in [-0.39, 0.29) is 30.5 Å². The van der Waals surface area contributed by atoms with Crippen molar-refractivity contribution in [1.82, 2.24) is 0 Å². The van der Waals surface area contributed by atoms with Gasteiger partial charge in [-0.2, -0.15) is 0 Å². The molecule has 3 nitrogen and oxygen atoms in total. The molecule has 0 bridgehead atoms. The zero-order valence-corrected chi connectivity index (χ0v) is 8.32. The lowest BCUT2D eigenvalue weighted by Gasteiger charge is -2.15. The minimum absolute atomic E-state index is 0.127. The number of hydrogen-bond acceptors (Lipinski definition) is 2. The van der Waals surface area contributed by atoms with Gasteiger partial charge in [-0.25, -0.2) is 8.78 Å². The van der Waals surface area contributed by atoms with Crippen LogP contribution in [0.15, 0.2) is 18.2 Å².